The van der Waals surface area contributed by atoms with Gasteiger partial charge in [0.15, 0.2) is 0 Å². The van der Waals surface area contributed by atoms with Crippen LogP contribution in [0.25, 0.3) is 0 Å². The molecular formula is C26H36N2O9. The Balaban J connectivity index is 1.58. The number of nitrogens with zero attached hydrogens (tertiary/aromatic N) is 2. The summed E-state index contributed by atoms with van der Waals surface area (Å²) >= 11 is 0. The van der Waals surface area contributed by atoms with Gasteiger partial charge in [-0.25, -0.2) is 4.79 Å². The van der Waals surface area contributed by atoms with Gasteiger partial charge in [0.25, 0.3) is 0 Å². The minimum Gasteiger partial charge on any atom is -0.443 e. The summed E-state index contributed by atoms with van der Waals surface area (Å²) in [5, 5.41) is 36.2. The van der Waals surface area contributed by atoms with E-state index in [9.17, 15) is 20.1 Å². The summed E-state index contributed by atoms with van der Waals surface area (Å²) in [6.45, 7) is 6.65. The first-order valence-electron chi connectivity index (χ1n) is 12.7. The number of aryl methyl sites for hydroxylation is 1. The number of aromatic nitrogens is 2. The van der Waals surface area contributed by atoms with Gasteiger partial charge in [0.1, 0.15) is 31.0 Å². The molecule has 1 unspecified atom stereocenters. The number of ether oxygens (including phenoxy) is 5. The minimum atomic E-state index is -1.59. The summed E-state index contributed by atoms with van der Waals surface area (Å²) < 4.78 is 29.0. The molecule has 2 fully saturated rings. The Labute approximate surface area is 215 Å². The van der Waals surface area contributed by atoms with Gasteiger partial charge in [-0.15, -0.1) is 5.10 Å². The molecule has 37 heavy (non-hydrogen) atoms. The average molecular weight is 521 g/mol. The lowest BCUT2D eigenvalue weighted by atomic mass is 9.99. The van der Waals surface area contributed by atoms with Gasteiger partial charge in [-0.1, -0.05) is 29.8 Å². The number of aliphatic hydroxyl groups excluding tert-OH is 3. The molecule has 2 aromatic rings. The third-order valence-electron chi connectivity index (χ3n) is 6.80. The van der Waals surface area contributed by atoms with Crippen molar-refractivity contribution in [3.63, 3.8) is 0 Å². The summed E-state index contributed by atoms with van der Waals surface area (Å²) in [4.78, 5) is 11.6. The van der Waals surface area contributed by atoms with E-state index in [4.69, 9.17) is 28.8 Å². The summed E-state index contributed by atoms with van der Waals surface area (Å²) in [5.74, 6) is 0.266. The van der Waals surface area contributed by atoms with Crippen LogP contribution in [-0.2, 0) is 25.4 Å². The van der Waals surface area contributed by atoms with E-state index in [1.165, 1.54) is 0 Å². The van der Waals surface area contributed by atoms with Gasteiger partial charge < -0.3 is 39.0 Å². The molecule has 1 aromatic carbocycles. The van der Waals surface area contributed by atoms with Crippen LogP contribution >= 0.6 is 0 Å². The van der Waals surface area contributed by atoms with Gasteiger partial charge in [-0.3, -0.25) is 4.68 Å². The second kappa shape index (κ2) is 12.2. The third-order valence-corrected chi connectivity index (χ3v) is 6.80. The maximum atomic E-state index is 11.6. The Hall–Kier alpha value is -2.70. The van der Waals surface area contributed by atoms with E-state index < -0.39 is 43.5 Å². The summed E-state index contributed by atoms with van der Waals surface area (Å²) in [5.41, 5.74) is 3.96. The van der Waals surface area contributed by atoms with Crippen molar-refractivity contribution in [2.75, 3.05) is 26.4 Å². The largest absolute Gasteiger partial charge is 0.508 e. The van der Waals surface area contributed by atoms with Gasteiger partial charge in [0.2, 0.25) is 12.2 Å². The number of aliphatic hydroxyl groups is 3. The maximum Gasteiger partial charge on any atom is 0.508 e. The Morgan fingerprint density at radius 3 is 2.43 bits per heavy atom. The Morgan fingerprint density at radius 1 is 1.05 bits per heavy atom. The molecule has 3 N–H and O–H groups in total. The van der Waals surface area contributed by atoms with Crippen LogP contribution in [0.4, 0.5) is 4.79 Å². The predicted molar refractivity (Wildman–Crippen MR) is 130 cm³/mol. The summed E-state index contributed by atoms with van der Waals surface area (Å²) in [6, 6.07) is 8.29. The molecular weight excluding hydrogens is 484 g/mol. The molecule has 11 heteroatoms. The van der Waals surface area contributed by atoms with E-state index in [0.29, 0.717) is 19.6 Å². The van der Waals surface area contributed by atoms with E-state index in [0.717, 1.165) is 35.2 Å². The van der Waals surface area contributed by atoms with Crippen molar-refractivity contribution in [1.82, 2.24) is 9.78 Å². The molecule has 0 aliphatic carbocycles. The highest BCUT2D eigenvalue weighted by Gasteiger charge is 2.46. The van der Waals surface area contributed by atoms with Gasteiger partial charge in [0, 0.05) is 30.9 Å². The average Bonchev–Trinajstić information content (AvgIpc) is 3.20. The monoisotopic (exact) mass is 520 g/mol. The fourth-order valence-corrected chi connectivity index (χ4v) is 4.59. The van der Waals surface area contributed by atoms with E-state index >= 15 is 0 Å². The quantitative estimate of drug-likeness (QED) is 0.441. The highest BCUT2D eigenvalue weighted by Crippen LogP contribution is 2.33. The molecule has 2 saturated heterocycles. The molecule has 0 spiro atoms. The van der Waals surface area contributed by atoms with Crippen LogP contribution in [0.3, 0.4) is 0 Å². The van der Waals surface area contributed by atoms with Crippen LogP contribution in [0.2, 0.25) is 0 Å². The van der Waals surface area contributed by atoms with Crippen molar-refractivity contribution in [2.24, 2.45) is 0 Å². The Kier molecular flexibility index (Phi) is 9.04. The van der Waals surface area contributed by atoms with Crippen molar-refractivity contribution < 1.29 is 43.8 Å². The van der Waals surface area contributed by atoms with Crippen molar-refractivity contribution in [1.29, 1.82) is 0 Å². The maximum absolute atomic E-state index is 11.6. The number of carbonyl (C=O) groups excluding carboxylic acids is 1. The van der Waals surface area contributed by atoms with Gasteiger partial charge in [-0.2, -0.15) is 0 Å². The molecule has 11 nitrogen and oxygen atoms in total. The molecule has 204 valence electrons. The molecule has 0 radical (unpaired) electrons. The van der Waals surface area contributed by atoms with E-state index in [-0.39, 0.29) is 18.5 Å². The lowest BCUT2D eigenvalue weighted by molar-refractivity contribution is -0.278. The first kappa shape index (κ1) is 27.3. The van der Waals surface area contributed by atoms with E-state index in [2.05, 4.69) is 0 Å². The molecule has 2 aliphatic rings. The van der Waals surface area contributed by atoms with Gasteiger partial charge >= 0.3 is 6.16 Å². The molecule has 1 aromatic heterocycles. The van der Waals surface area contributed by atoms with Crippen molar-refractivity contribution >= 4 is 6.16 Å². The fourth-order valence-electron chi connectivity index (χ4n) is 4.59. The molecule has 0 bridgehead atoms. The van der Waals surface area contributed by atoms with Crippen LogP contribution < -0.4 is 4.74 Å². The highest BCUT2D eigenvalue weighted by atomic mass is 16.7. The number of rotatable bonds is 8. The zero-order chi connectivity index (χ0) is 26.5. The highest BCUT2D eigenvalue weighted by molar-refractivity contribution is 5.59. The number of hydrogen-bond donors (Lipinski definition) is 3. The summed E-state index contributed by atoms with van der Waals surface area (Å²) in [7, 11) is 0. The van der Waals surface area contributed by atoms with Crippen LogP contribution in [0.1, 0.15) is 48.2 Å². The zero-order valence-corrected chi connectivity index (χ0v) is 21.4. The SMILES string of the molecule is CCOC(=O)OC[C@H]1O[C@@H](Oc2nn(C3CCOCC3)c(C)c2Cc2ccc(C)cc2)C(O)[C@@H](O)[C@@H]1O. The first-order chi connectivity index (χ1) is 17.8. The fraction of sp³-hybridized carbons (Fsp3) is 0.615. The molecule has 2 aliphatic heterocycles. The Morgan fingerprint density at radius 2 is 1.76 bits per heavy atom. The number of benzene rings is 1. The third kappa shape index (κ3) is 6.42. The van der Waals surface area contributed by atoms with Gasteiger partial charge in [0.05, 0.1) is 12.6 Å². The molecule has 3 heterocycles. The van der Waals surface area contributed by atoms with E-state index in [1.54, 1.807) is 6.92 Å². The number of hydrogen-bond acceptors (Lipinski definition) is 10. The van der Waals surface area contributed by atoms with E-state index in [1.807, 2.05) is 42.8 Å². The number of carbonyl (C=O) groups is 1. The second-order valence-electron chi connectivity index (χ2n) is 9.45. The lowest BCUT2D eigenvalue weighted by Gasteiger charge is -2.39. The first-order valence-corrected chi connectivity index (χ1v) is 12.7. The molecule has 5 atom stereocenters. The van der Waals surface area contributed by atoms with Crippen molar-refractivity contribution in [3.05, 3.63) is 46.6 Å². The standard InChI is InChI=1S/C26H36N2O9/c1-4-34-26(32)35-14-20-21(29)22(30)23(31)25(36-20)37-24-19(13-17-7-5-15(2)6-8-17)16(3)28(27-24)18-9-11-33-12-10-18/h5-8,18,20-23,25,29-31H,4,9-14H2,1-3H3/t20-,21-,22+,23?,25+/m1/s1. The Bertz CT molecular complexity index is 1040. The molecule has 0 saturated carbocycles. The smallest absolute Gasteiger partial charge is 0.443 e. The zero-order valence-electron chi connectivity index (χ0n) is 21.4. The molecule has 0 amide bonds. The van der Waals surface area contributed by atoms with Crippen LogP contribution in [0, 0.1) is 13.8 Å². The van der Waals surface area contributed by atoms with Crippen LogP contribution in [0.15, 0.2) is 24.3 Å². The van der Waals surface area contributed by atoms with Crippen molar-refractivity contribution in [2.45, 2.75) is 76.8 Å². The van der Waals surface area contributed by atoms with Crippen molar-refractivity contribution in [3.8, 4) is 5.88 Å². The topological polar surface area (TPSA) is 142 Å². The van der Waals surface area contributed by atoms with Gasteiger partial charge in [-0.05, 0) is 39.2 Å². The lowest BCUT2D eigenvalue weighted by Crippen LogP contribution is -2.60. The molecule has 4 rings (SSSR count). The second-order valence-corrected chi connectivity index (χ2v) is 9.45. The predicted octanol–water partition coefficient (Wildman–Crippen LogP) is 1.80. The summed E-state index contributed by atoms with van der Waals surface area (Å²) in [6.07, 6.45) is -5.92. The normalized spacial score (nSPS) is 26.6. The van der Waals surface area contributed by atoms with Crippen LogP contribution in [0.5, 0.6) is 5.88 Å². The van der Waals surface area contributed by atoms with Crippen LogP contribution in [-0.4, -0.2) is 88.4 Å². The minimum absolute atomic E-state index is 0.124.